The summed E-state index contributed by atoms with van der Waals surface area (Å²) < 4.78 is 0. The highest BCUT2D eigenvalue weighted by Gasteiger charge is 2.25. The first-order valence-electron chi connectivity index (χ1n) is 9.01. The number of benzene rings is 1. The minimum atomic E-state index is -0.173. The summed E-state index contributed by atoms with van der Waals surface area (Å²) in [6.45, 7) is 1.69. The quantitative estimate of drug-likeness (QED) is 0.880. The zero-order valence-corrected chi connectivity index (χ0v) is 13.8. The highest BCUT2D eigenvalue weighted by molar-refractivity contribution is 5.74. The average molecular weight is 316 g/mol. The summed E-state index contributed by atoms with van der Waals surface area (Å²) in [5.41, 5.74) is 1.40. The molecule has 0 unspecified atom stereocenters. The van der Waals surface area contributed by atoms with Crippen LogP contribution in [0.1, 0.15) is 56.4 Å². The van der Waals surface area contributed by atoms with E-state index in [-0.39, 0.29) is 18.2 Å². The van der Waals surface area contributed by atoms with E-state index in [0.717, 1.165) is 58.0 Å². The van der Waals surface area contributed by atoms with E-state index >= 15 is 0 Å². The third kappa shape index (κ3) is 4.47. The van der Waals surface area contributed by atoms with E-state index in [1.165, 1.54) is 5.56 Å². The minimum Gasteiger partial charge on any atom is -0.393 e. The molecule has 126 valence electrons. The van der Waals surface area contributed by atoms with E-state index in [2.05, 4.69) is 35.6 Å². The van der Waals surface area contributed by atoms with Crippen LogP contribution in [0.5, 0.6) is 0 Å². The zero-order valence-electron chi connectivity index (χ0n) is 13.8. The predicted octanol–water partition coefficient (Wildman–Crippen LogP) is 3.27. The third-order valence-corrected chi connectivity index (χ3v) is 5.31. The highest BCUT2D eigenvalue weighted by atomic mass is 16.3. The lowest BCUT2D eigenvalue weighted by atomic mass is 9.92. The number of carbonyl (C=O) groups excluding carboxylic acids is 1. The Morgan fingerprint density at radius 3 is 2.48 bits per heavy atom. The van der Waals surface area contributed by atoms with Crippen LogP contribution in [0, 0.1) is 0 Å². The van der Waals surface area contributed by atoms with E-state index in [0.29, 0.717) is 5.92 Å². The van der Waals surface area contributed by atoms with E-state index in [4.69, 9.17) is 0 Å². The van der Waals surface area contributed by atoms with Gasteiger partial charge in [0.05, 0.1) is 6.10 Å². The fraction of sp³-hybridized carbons (Fsp3) is 0.632. The van der Waals surface area contributed by atoms with Gasteiger partial charge in [-0.05, 0) is 56.4 Å². The van der Waals surface area contributed by atoms with Gasteiger partial charge in [0.25, 0.3) is 0 Å². The van der Waals surface area contributed by atoms with Crippen molar-refractivity contribution in [3.63, 3.8) is 0 Å². The van der Waals surface area contributed by atoms with Crippen LogP contribution in [0.3, 0.4) is 0 Å². The molecule has 4 heteroatoms. The number of nitrogens with zero attached hydrogens (tertiary/aromatic N) is 1. The summed E-state index contributed by atoms with van der Waals surface area (Å²) in [6.07, 6.45) is 6.50. The predicted molar refractivity (Wildman–Crippen MR) is 91.4 cm³/mol. The number of likely N-dealkylation sites (tertiary alicyclic amines) is 1. The van der Waals surface area contributed by atoms with Gasteiger partial charge in [0.1, 0.15) is 0 Å². The summed E-state index contributed by atoms with van der Waals surface area (Å²) in [6, 6.07) is 11.0. The molecule has 3 rings (SSSR count). The molecular formula is C19H28N2O2. The van der Waals surface area contributed by atoms with Gasteiger partial charge < -0.3 is 15.3 Å². The van der Waals surface area contributed by atoms with Crippen LogP contribution in [-0.4, -0.2) is 41.3 Å². The normalized spacial score (nSPS) is 28.9. The highest BCUT2D eigenvalue weighted by Crippen LogP contribution is 2.28. The van der Waals surface area contributed by atoms with Gasteiger partial charge in [-0.1, -0.05) is 30.3 Å². The lowest BCUT2D eigenvalue weighted by Crippen LogP contribution is -2.46. The number of carbonyl (C=O) groups is 1. The monoisotopic (exact) mass is 316 g/mol. The number of nitrogens with one attached hydrogen (secondary N) is 1. The summed E-state index contributed by atoms with van der Waals surface area (Å²) in [5.74, 6) is 0.568. The number of hydrogen-bond donors (Lipinski definition) is 2. The second-order valence-corrected chi connectivity index (χ2v) is 6.98. The fourth-order valence-electron chi connectivity index (χ4n) is 3.84. The van der Waals surface area contributed by atoms with Crippen molar-refractivity contribution in [2.45, 2.75) is 63.0 Å². The molecule has 4 nitrogen and oxygen atoms in total. The standard InChI is InChI=1S/C19H28N2O2/c22-18-10-8-17(9-11-18)20-19(23)21-13-4-7-16(12-14-21)15-5-2-1-3-6-15/h1-3,5-6,16-18,22H,4,7-14H2,(H,20,23)/t16-,17?,18?/m1/s1. The molecule has 2 amide bonds. The number of rotatable bonds is 2. The Kier molecular flexibility index (Phi) is 5.55. The topological polar surface area (TPSA) is 52.6 Å². The summed E-state index contributed by atoms with van der Waals surface area (Å²) in [5, 5.41) is 12.7. The Morgan fingerprint density at radius 1 is 1.00 bits per heavy atom. The first kappa shape index (κ1) is 16.3. The molecule has 1 saturated heterocycles. The third-order valence-electron chi connectivity index (χ3n) is 5.31. The van der Waals surface area contributed by atoms with Gasteiger partial charge in [-0.2, -0.15) is 0 Å². The maximum atomic E-state index is 12.5. The first-order valence-corrected chi connectivity index (χ1v) is 9.01. The molecule has 0 aromatic heterocycles. The number of urea groups is 1. The van der Waals surface area contributed by atoms with Crippen molar-refractivity contribution in [3.8, 4) is 0 Å². The van der Waals surface area contributed by atoms with E-state index in [9.17, 15) is 9.90 Å². The zero-order chi connectivity index (χ0) is 16.1. The van der Waals surface area contributed by atoms with Crippen LogP contribution >= 0.6 is 0 Å². The van der Waals surface area contributed by atoms with Crippen LogP contribution in [0.2, 0.25) is 0 Å². The molecule has 1 heterocycles. The van der Waals surface area contributed by atoms with Gasteiger partial charge in [0, 0.05) is 19.1 Å². The molecule has 2 aliphatic rings. The van der Waals surface area contributed by atoms with Gasteiger partial charge >= 0.3 is 6.03 Å². The molecular weight excluding hydrogens is 288 g/mol. The van der Waals surface area contributed by atoms with Crippen molar-refractivity contribution in [1.29, 1.82) is 0 Å². The SMILES string of the molecule is O=C(NC1CCC(O)CC1)N1CCC[C@@H](c2ccccc2)CC1. The smallest absolute Gasteiger partial charge is 0.317 e. The van der Waals surface area contributed by atoms with Crippen LogP contribution in [0.25, 0.3) is 0 Å². The minimum absolute atomic E-state index is 0.0834. The van der Waals surface area contributed by atoms with Crippen molar-refractivity contribution in [3.05, 3.63) is 35.9 Å². The average Bonchev–Trinajstić information content (AvgIpc) is 2.84. The van der Waals surface area contributed by atoms with Crippen molar-refractivity contribution >= 4 is 6.03 Å². The lowest BCUT2D eigenvalue weighted by molar-refractivity contribution is 0.115. The second-order valence-electron chi connectivity index (χ2n) is 6.98. The van der Waals surface area contributed by atoms with Crippen LogP contribution < -0.4 is 5.32 Å². The van der Waals surface area contributed by atoms with Crippen molar-refractivity contribution in [2.75, 3.05) is 13.1 Å². The van der Waals surface area contributed by atoms with Gasteiger partial charge in [-0.15, -0.1) is 0 Å². The largest absolute Gasteiger partial charge is 0.393 e. The molecule has 0 radical (unpaired) electrons. The second kappa shape index (κ2) is 7.82. The summed E-state index contributed by atoms with van der Waals surface area (Å²) in [7, 11) is 0. The molecule has 0 spiro atoms. The molecule has 1 aromatic carbocycles. The Balaban J connectivity index is 1.50. The van der Waals surface area contributed by atoms with Crippen LogP contribution in [-0.2, 0) is 0 Å². The van der Waals surface area contributed by atoms with Crippen molar-refractivity contribution < 1.29 is 9.90 Å². The van der Waals surface area contributed by atoms with Crippen molar-refractivity contribution in [2.24, 2.45) is 0 Å². The molecule has 2 fully saturated rings. The number of amides is 2. The van der Waals surface area contributed by atoms with E-state index in [1.54, 1.807) is 0 Å². The Hall–Kier alpha value is -1.55. The van der Waals surface area contributed by atoms with E-state index in [1.807, 2.05) is 4.90 Å². The van der Waals surface area contributed by atoms with Gasteiger partial charge in [0.15, 0.2) is 0 Å². The van der Waals surface area contributed by atoms with Gasteiger partial charge in [0.2, 0.25) is 0 Å². The Morgan fingerprint density at radius 2 is 1.74 bits per heavy atom. The maximum absolute atomic E-state index is 12.5. The van der Waals surface area contributed by atoms with Crippen LogP contribution in [0.4, 0.5) is 4.79 Å². The summed E-state index contributed by atoms with van der Waals surface area (Å²) >= 11 is 0. The molecule has 1 aliphatic carbocycles. The molecule has 2 N–H and O–H groups in total. The molecule has 1 atom stereocenters. The van der Waals surface area contributed by atoms with Gasteiger partial charge in [-0.25, -0.2) is 4.79 Å². The number of hydrogen-bond acceptors (Lipinski definition) is 2. The lowest BCUT2D eigenvalue weighted by Gasteiger charge is -2.29. The molecule has 1 aromatic rings. The van der Waals surface area contributed by atoms with Crippen molar-refractivity contribution in [1.82, 2.24) is 10.2 Å². The maximum Gasteiger partial charge on any atom is 0.317 e. The molecule has 23 heavy (non-hydrogen) atoms. The molecule has 1 aliphatic heterocycles. The first-order chi connectivity index (χ1) is 11.2. The number of aliphatic hydroxyl groups is 1. The molecule has 1 saturated carbocycles. The van der Waals surface area contributed by atoms with Gasteiger partial charge in [-0.3, -0.25) is 0 Å². The Labute approximate surface area is 138 Å². The van der Waals surface area contributed by atoms with Crippen LogP contribution in [0.15, 0.2) is 30.3 Å². The van der Waals surface area contributed by atoms with E-state index < -0.39 is 0 Å². The molecule has 0 bridgehead atoms. The Bertz CT molecular complexity index is 497. The fourth-order valence-corrected chi connectivity index (χ4v) is 3.84. The summed E-state index contributed by atoms with van der Waals surface area (Å²) in [4.78, 5) is 14.5. The number of aliphatic hydroxyl groups excluding tert-OH is 1.